The van der Waals surface area contributed by atoms with Crippen molar-refractivity contribution in [3.63, 3.8) is 0 Å². The molecule has 0 aromatic carbocycles. The van der Waals surface area contributed by atoms with Gasteiger partial charge in [-0.05, 0) is 59.3 Å². The summed E-state index contributed by atoms with van der Waals surface area (Å²) in [6, 6.07) is -1.53. The highest BCUT2D eigenvalue weighted by Crippen LogP contribution is 2.45. The van der Waals surface area contributed by atoms with Gasteiger partial charge in [0.1, 0.15) is 23.2 Å². The molecular formula is C23H35N3O6. The van der Waals surface area contributed by atoms with Crippen LogP contribution in [0.15, 0.2) is 12.2 Å². The van der Waals surface area contributed by atoms with Gasteiger partial charge in [0.2, 0.25) is 11.8 Å². The summed E-state index contributed by atoms with van der Waals surface area (Å²) in [7, 11) is 0. The minimum Gasteiger partial charge on any atom is -0.479 e. The van der Waals surface area contributed by atoms with Crippen molar-refractivity contribution in [3.8, 4) is 0 Å². The molecule has 1 aliphatic carbocycles. The third-order valence-corrected chi connectivity index (χ3v) is 6.30. The predicted molar refractivity (Wildman–Crippen MR) is 117 cm³/mol. The molecule has 3 amide bonds. The Kier molecular flexibility index (Phi) is 7.15. The number of hydrogen-bond acceptors (Lipinski definition) is 5. The van der Waals surface area contributed by atoms with Crippen molar-refractivity contribution in [3.05, 3.63) is 12.2 Å². The van der Waals surface area contributed by atoms with Crippen molar-refractivity contribution in [1.29, 1.82) is 0 Å². The van der Waals surface area contributed by atoms with E-state index in [4.69, 9.17) is 4.74 Å². The van der Waals surface area contributed by atoms with Gasteiger partial charge in [0.05, 0.1) is 0 Å². The second kappa shape index (κ2) is 9.50. The first-order chi connectivity index (χ1) is 15.0. The molecule has 2 heterocycles. The Bertz CT molecular complexity index is 789. The van der Waals surface area contributed by atoms with Gasteiger partial charge in [0.15, 0.2) is 0 Å². The summed E-state index contributed by atoms with van der Waals surface area (Å²) in [6.45, 7) is 5.65. The molecule has 2 fully saturated rings. The lowest BCUT2D eigenvalue weighted by molar-refractivity contribution is -0.145. The summed E-state index contributed by atoms with van der Waals surface area (Å²) in [5.74, 6) is -2.05. The highest BCUT2D eigenvalue weighted by Gasteiger charge is 2.61. The highest BCUT2D eigenvalue weighted by molar-refractivity contribution is 5.96. The van der Waals surface area contributed by atoms with Gasteiger partial charge in [-0.25, -0.2) is 9.59 Å². The Labute approximate surface area is 188 Å². The molecule has 32 heavy (non-hydrogen) atoms. The molecule has 3 N–H and O–H groups in total. The van der Waals surface area contributed by atoms with Gasteiger partial charge >= 0.3 is 12.1 Å². The molecule has 9 nitrogen and oxygen atoms in total. The summed E-state index contributed by atoms with van der Waals surface area (Å²) in [5.41, 5.74) is -1.99. The summed E-state index contributed by atoms with van der Waals surface area (Å²) in [4.78, 5) is 52.2. The number of fused-ring (bicyclic) bond motifs is 2. The lowest BCUT2D eigenvalue weighted by atomic mass is 10.0. The zero-order valence-electron chi connectivity index (χ0n) is 19.2. The zero-order chi connectivity index (χ0) is 23.5. The quantitative estimate of drug-likeness (QED) is 0.556. The van der Waals surface area contributed by atoms with Crippen molar-refractivity contribution in [2.24, 2.45) is 5.92 Å². The maximum absolute atomic E-state index is 13.4. The Morgan fingerprint density at radius 1 is 1.19 bits per heavy atom. The van der Waals surface area contributed by atoms with Gasteiger partial charge in [-0.1, -0.05) is 25.0 Å². The van der Waals surface area contributed by atoms with Crippen LogP contribution < -0.4 is 10.6 Å². The number of hydrogen-bond donors (Lipinski definition) is 3. The van der Waals surface area contributed by atoms with Crippen molar-refractivity contribution in [2.45, 2.75) is 95.4 Å². The van der Waals surface area contributed by atoms with E-state index in [0.29, 0.717) is 32.2 Å². The molecule has 3 aliphatic rings. The Morgan fingerprint density at radius 2 is 1.94 bits per heavy atom. The maximum atomic E-state index is 13.4. The van der Waals surface area contributed by atoms with E-state index in [2.05, 4.69) is 10.6 Å². The summed E-state index contributed by atoms with van der Waals surface area (Å²) in [6.07, 6.45) is 8.43. The van der Waals surface area contributed by atoms with Crippen molar-refractivity contribution >= 4 is 23.9 Å². The van der Waals surface area contributed by atoms with Crippen LogP contribution in [-0.2, 0) is 19.1 Å². The molecule has 3 rings (SSSR count). The lowest BCUT2D eigenvalue weighted by Gasteiger charge is -2.30. The number of aliphatic carboxylic acids is 1. The van der Waals surface area contributed by atoms with E-state index in [-0.39, 0.29) is 11.8 Å². The van der Waals surface area contributed by atoms with Gasteiger partial charge in [-0.15, -0.1) is 0 Å². The number of alkyl carbamates (subject to hydrolysis) is 1. The SMILES string of the molecule is CC(C)(C)OC(=O)N[C@H]1CCCCC/C=C\C2C[C@@]2(C(=O)O)NC(=O)[C@@H]2CCCN2C1=O. The molecule has 4 atom stereocenters. The summed E-state index contributed by atoms with van der Waals surface area (Å²) < 4.78 is 5.33. The normalized spacial score (nSPS) is 32.5. The van der Waals surface area contributed by atoms with Crippen LogP contribution in [0.5, 0.6) is 0 Å². The first-order valence-corrected chi connectivity index (χ1v) is 11.6. The van der Waals surface area contributed by atoms with E-state index in [1.165, 1.54) is 4.90 Å². The maximum Gasteiger partial charge on any atom is 0.408 e. The first-order valence-electron chi connectivity index (χ1n) is 11.6. The van der Waals surface area contributed by atoms with Crippen molar-refractivity contribution in [2.75, 3.05) is 6.54 Å². The second-order valence-electron chi connectivity index (χ2n) is 10.0. The fourth-order valence-corrected chi connectivity index (χ4v) is 4.52. The van der Waals surface area contributed by atoms with Crippen molar-refractivity contribution in [1.82, 2.24) is 15.5 Å². The van der Waals surface area contributed by atoms with Crippen LogP contribution in [0, 0.1) is 5.92 Å². The number of carbonyl (C=O) groups is 4. The summed E-state index contributed by atoms with van der Waals surface area (Å²) in [5, 5.41) is 15.2. The van der Waals surface area contributed by atoms with E-state index in [1.54, 1.807) is 20.8 Å². The van der Waals surface area contributed by atoms with Crippen LogP contribution in [0.4, 0.5) is 4.79 Å². The van der Waals surface area contributed by atoms with Crippen LogP contribution >= 0.6 is 0 Å². The van der Waals surface area contributed by atoms with Crippen LogP contribution in [0.2, 0.25) is 0 Å². The third-order valence-electron chi connectivity index (χ3n) is 6.30. The number of carboxylic acids is 1. The number of allylic oxidation sites excluding steroid dienone is 1. The molecule has 1 unspecified atom stereocenters. The molecule has 0 spiro atoms. The first kappa shape index (κ1) is 24.1. The van der Waals surface area contributed by atoms with Gasteiger partial charge in [-0.3, -0.25) is 9.59 Å². The molecule has 0 radical (unpaired) electrons. The molecule has 0 aromatic rings. The molecule has 0 bridgehead atoms. The molecule has 0 aromatic heterocycles. The van der Waals surface area contributed by atoms with Gasteiger partial charge in [0, 0.05) is 12.5 Å². The minimum absolute atomic E-state index is 0.235. The van der Waals surface area contributed by atoms with E-state index in [0.717, 1.165) is 25.7 Å². The number of carbonyl (C=O) groups excluding carboxylic acids is 3. The Morgan fingerprint density at radius 3 is 2.62 bits per heavy atom. The van der Waals surface area contributed by atoms with Gasteiger partial charge in [0.25, 0.3) is 0 Å². The largest absolute Gasteiger partial charge is 0.479 e. The Balaban J connectivity index is 1.79. The highest BCUT2D eigenvalue weighted by atomic mass is 16.6. The minimum atomic E-state index is -1.29. The number of amides is 3. The average Bonchev–Trinajstić information content (AvgIpc) is 3.16. The van der Waals surface area contributed by atoms with Crippen LogP contribution in [0.1, 0.15) is 72.1 Å². The zero-order valence-corrected chi connectivity index (χ0v) is 19.2. The third kappa shape index (κ3) is 5.61. The fourth-order valence-electron chi connectivity index (χ4n) is 4.52. The van der Waals surface area contributed by atoms with E-state index < -0.39 is 41.2 Å². The van der Waals surface area contributed by atoms with Gasteiger partial charge in [-0.2, -0.15) is 0 Å². The number of nitrogens with zero attached hydrogens (tertiary/aromatic N) is 1. The van der Waals surface area contributed by atoms with Crippen molar-refractivity contribution < 1.29 is 29.0 Å². The van der Waals surface area contributed by atoms with E-state index in [9.17, 15) is 24.3 Å². The Hall–Kier alpha value is -2.58. The molecular weight excluding hydrogens is 414 g/mol. The van der Waals surface area contributed by atoms with E-state index >= 15 is 0 Å². The van der Waals surface area contributed by atoms with Gasteiger partial charge < -0.3 is 25.4 Å². The number of ether oxygens (including phenoxy) is 1. The fraction of sp³-hybridized carbons (Fsp3) is 0.739. The number of rotatable bonds is 2. The van der Waals surface area contributed by atoms with Crippen LogP contribution in [0.3, 0.4) is 0 Å². The number of nitrogens with one attached hydrogen (secondary N) is 2. The predicted octanol–water partition coefficient (Wildman–Crippen LogP) is 2.35. The smallest absolute Gasteiger partial charge is 0.408 e. The van der Waals surface area contributed by atoms with Crippen LogP contribution in [-0.4, -0.2) is 63.7 Å². The molecule has 2 aliphatic heterocycles. The summed E-state index contributed by atoms with van der Waals surface area (Å²) >= 11 is 0. The van der Waals surface area contributed by atoms with Crippen LogP contribution in [0.25, 0.3) is 0 Å². The molecule has 9 heteroatoms. The molecule has 1 saturated carbocycles. The topological polar surface area (TPSA) is 125 Å². The second-order valence-corrected chi connectivity index (χ2v) is 10.0. The number of carboxylic acid groups (broad SMARTS) is 1. The average molecular weight is 450 g/mol. The lowest BCUT2D eigenvalue weighted by Crippen LogP contribution is -2.56. The molecule has 1 saturated heterocycles. The standard InChI is InChI=1S/C23H35N3O6/c1-22(2,3)32-21(31)24-16-11-8-6-4-5-7-10-15-14-23(15,20(29)30)25-18(27)17-12-9-13-26(17)19(16)28/h7,10,15-17H,4-6,8-9,11-14H2,1-3H3,(H,24,31)(H,25,27)(H,29,30)/b10-7-/t15?,16-,17-,23+/m0/s1. The monoisotopic (exact) mass is 449 g/mol. The molecule has 178 valence electrons. The van der Waals surface area contributed by atoms with E-state index in [1.807, 2.05) is 12.2 Å².